The monoisotopic (exact) mass is 253 g/mol. The highest BCUT2D eigenvalue weighted by atomic mass is 35.5. The molecule has 0 radical (unpaired) electrons. The molecule has 2 fully saturated rings. The lowest BCUT2D eigenvalue weighted by Crippen LogP contribution is -2.30. The third kappa shape index (κ3) is 1.98. The van der Waals surface area contributed by atoms with Crippen molar-refractivity contribution in [1.29, 1.82) is 0 Å². The zero-order valence-corrected chi connectivity index (χ0v) is 10.7. The molecule has 2 saturated carbocycles. The molecule has 0 heterocycles. The molecule has 0 saturated heterocycles. The predicted molar refractivity (Wildman–Crippen MR) is 67.9 cm³/mol. The Morgan fingerprint density at radius 2 is 2.18 bits per heavy atom. The fourth-order valence-corrected chi connectivity index (χ4v) is 2.88. The lowest BCUT2D eigenvalue weighted by Gasteiger charge is -2.19. The van der Waals surface area contributed by atoms with Gasteiger partial charge in [-0.15, -0.1) is 0 Å². The van der Waals surface area contributed by atoms with Gasteiger partial charge in [-0.2, -0.15) is 0 Å². The van der Waals surface area contributed by atoms with Gasteiger partial charge in [0.15, 0.2) is 0 Å². The molecule has 0 bridgehead atoms. The number of rotatable bonds is 4. The summed E-state index contributed by atoms with van der Waals surface area (Å²) in [4.78, 5) is 0. The van der Waals surface area contributed by atoms with Crippen LogP contribution in [0.4, 0.5) is 4.39 Å². The molecule has 1 aromatic carbocycles. The van der Waals surface area contributed by atoms with Crippen LogP contribution in [0.5, 0.6) is 0 Å². The Hall–Kier alpha value is -0.600. The Bertz CT molecular complexity index is 444. The predicted octanol–water partition coefficient (Wildman–Crippen LogP) is 3.51. The normalized spacial score (nSPS) is 31.6. The molecule has 3 heteroatoms. The van der Waals surface area contributed by atoms with E-state index in [0.717, 1.165) is 18.5 Å². The van der Waals surface area contributed by atoms with Crippen molar-refractivity contribution in [1.82, 2.24) is 5.32 Å². The number of nitrogens with one attached hydrogen (secondary N) is 1. The maximum Gasteiger partial charge on any atom is 0.145 e. The van der Waals surface area contributed by atoms with Crippen LogP contribution in [0.1, 0.15) is 31.7 Å². The van der Waals surface area contributed by atoms with Crippen molar-refractivity contribution >= 4 is 11.6 Å². The van der Waals surface area contributed by atoms with Gasteiger partial charge >= 0.3 is 0 Å². The Morgan fingerprint density at radius 1 is 1.47 bits per heavy atom. The molecule has 0 aromatic heterocycles. The third-order valence-corrected chi connectivity index (χ3v) is 4.52. The topological polar surface area (TPSA) is 12.0 Å². The van der Waals surface area contributed by atoms with Crippen molar-refractivity contribution in [2.24, 2.45) is 5.92 Å². The van der Waals surface area contributed by atoms with Crippen molar-refractivity contribution in [3.05, 3.63) is 34.6 Å². The SMILES string of the molecule is CC1CC1(CNC1CC1)c1cccc(Cl)c1F. The number of benzene rings is 1. The quantitative estimate of drug-likeness (QED) is 0.866. The van der Waals surface area contributed by atoms with E-state index in [1.54, 1.807) is 6.07 Å². The summed E-state index contributed by atoms with van der Waals surface area (Å²) in [6, 6.07) is 6.03. The molecule has 0 amide bonds. The Labute approximate surface area is 106 Å². The summed E-state index contributed by atoms with van der Waals surface area (Å²) in [7, 11) is 0. The lowest BCUT2D eigenvalue weighted by atomic mass is 9.92. The molecule has 1 aromatic rings. The Balaban J connectivity index is 1.86. The molecule has 1 nitrogen and oxygen atoms in total. The summed E-state index contributed by atoms with van der Waals surface area (Å²) in [6.45, 7) is 3.07. The van der Waals surface area contributed by atoms with Crippen LogP contribution in [-0.2, 0) is 5.41 Å². The van der Waals surface area contributed by atoms with Gasteiger partial charge in [0.1, 0.15) is 5.82 Å². The first kappa shape index (κ1) is 11.5. The molecule has 2 atom stereocenters. The largest absolute Gasteiger partial charge is 0.313 e. The van der Waals surface area contributed by atoms with Crippen LogP contribution in [0.15, 0.2) is 18.2 Å². The van der Waals surface area contributed by atoms with Gasteiger partial charge in [-0.1, -0.05) is 30.7 Å². The first-order valence-corrected chi connectivity index (χ1v) is 6.69. The van der Waals surface area contributed by atoms with E-state index in [1.165, 1.54) is 12.8 Å². The van der Waals surface area contributed by atoms with Crippen molar-refractivity contribution in [3.63, 3.8) is 0 Å². The Morgan fingerprint density at radius 3 is 2.76 bits per heavy atom. The van der Waals surface area contributed by atoms with Crippen LogP contribution in [0.2, 0.25) is 5.02 Å². The molecule has 2 aliphatic rings. The Kier molecular flexibility index (Phi) is 2.68. The second-order valence-corrected chi connectivity index (χ2v) is 5.93. The maximum atomic E-state index is 14.1. The molecule has 3 rings (SSSR count). The molecule has 2 unspecified atom stereocenters. The van der Waals surface area contributed by atoms with E-state index in [1.807, 2.05) is 12.1 Å². The second-order valence-electron chi connectivity index (χ2n) is 5.52. The fourth-order valence-electron chi connectivity index (χ4n) is 2.71. The van der Waals surface area contributed by atoms with Gasteiger partial charge in [-0.25, -0.2) is 4.39 Å². The number of halogens is 2. The zero-order chi connectivity index (χ0) is 12.0. The van der Waals surface area contributed by atoms with Crippen LogP contribution in [0.3, 0.4) is 0 Å². The molecule has 2 aliphatic carbocycles. The van der Waals surface area contributed by atoms with Gasteiger partial charge in [-0.3, -0.25) is 0 Å². The standard InChI is InChI=1S/C14H17ClFN/c1-9-7-14(9,8-17-10-5-6-10)11-3-2-4-12(15)13(11)16/h2-4,9-10,17H,5-8H2,1H3. The highest BCUT2D eigenvalue weighted by Gasteiger charge is 2.53. The summed E-state index contributed by atoms with van der Waals surface area (Å²) in [5, 5.41) is 3.77. The summed E-state index contributed by atoms with van der Waals surface area (Å²) < 4.78 is 14.1. The molecule has 1 N–H and O–H groups in total. The average Bonchev–Trinajstić information content (AvgIpc) is 3.18. The van der Waals surface area contributed by atoms with Gasteiger partial charge in [0, 0.05) is 18.0 Å². The average molecular weight is 254 g/mol. The summed E-state index contributed by atoms with van der Waals surface area (Å²) in [6.07, 6.45) is 3.59. The van der Waals surface area contributed by atoms with Gasteiger partial charge in [0.25, 0.3) is 0 Å². The van der Waals surface area contributed by atoms with E-state index < -0.39 is 0 Å². The van der Waals surface area contributed by atoms with E-state index in [0.29, 0.717) is 12.0 Å². The zero-order valence-electron chi connectivity index (χ0n) is 9.97. The van der Waals surface area contributed by atoms with E-state index in [4.69, 9.17) is 11.6 Å². The summed E-state index contributed by atoms with van der Waals surface area (Å²) in [5.41, 5.74) is 0.781. The number of hydrogen-bond donors (Lipinski definition) is 1. The first-order chi connectivity index (χ1) is 8.13. The summed E-state index contributed by atoms with van der Waals surface area (Å²) in [5.74, 6) is 0.317. The maximum absolute atomic E-state index is 14.1. The van der Waals surface area contributed by atoms with Crippen molar-refractivity contribution in [2.45, 2.75) is 37.6 Å². The third-order valence-electron chi connectivity index (χ3n) is 4.23. The molecule has 0 spiro atoms. The minimum atomic E-state index is -0.226. The second kappa shape index (κ2) is 3.96. The minimum Gasteiger partial charge on any atom is -0.313 e. The molecule has 17 heavy (non-hydrogen) atoms. The molecule has 92 valence electrons. The van der Waals surface area contributed by atoms with E-state index in [-0.39, 0.29) is 16.3 Å². The fraction of sp³-hybridized carbons (Fsp3) is 0.571. The first-order valence-electron chi connectivity index (χ1n) is 6.31. The van der Waals surface area contributed by atoms with Crippen LogP contribution < -0.4 is 5.32 Å². The van der Waals surface area contributed by atoms with E-state index in [9.17, 15) is 4.39 Å². The van der Waals surface area contributed by atoms with Crippen LogP contribution in [-0.4, -0.2) is 12.6 Å². The van der Waals surface area contributed by atoms with Gasteiger partial charge < -0.3 is 5.32 Å². The van der Waals surface area contributed by atoms with Crippen molar-refractivity contribution in [3.8, 4) is 0 Å². The van der Waals surface area contributed by atoms with Crippen LogP contribution in [0, 0.1) is 11.7 Å². The van der Waals surface area contributed by atoms with Gasteiger partial charge in [-0.05, 0) is 36.8 Å². The van der Waals surface area contributed by atoms with Gasteiger partial charge in [0.2, 0.25) is 0 Å². The molecular weight excluding hydrogens is 237 g/mol. The number of hydrogen-bond acceptors (Lipinski definition) is 1. The summed E-state index contributed by atoms with van der Waals surface area (Å²) >= 11 is 5.88. The molecule has 0 aliphatic heterocycles. The smallest absolute Gasteiger partial charge is 0.145 e. The highest BCUT2D eigenvalue weighted by Crippen LogP contribution is 2.55. The van der Waals surface area contributed by atoms with Crippen LogP contribution in [0.25, 0.3) is 0 Å². The highest BCUT2D eigenvalue weighted by molar-refractivity contribution is 6.30. The van der Waals surface area contributed by atoms with Crippen molar-refractivity contribution in [2.75, 3.05) is 6.54 Å². The van der Waals surface area contributed by atoms with E-state index in [2.05, 4.69) is 12.2 Å². The van der Waals surface area contributed by atoms with Crippen molar-refractivity contribution < 1.29 is 4.39 Å². The lowest BCUT2D eigenvalue weighted by molar-refractivity contribution is 0.506. The van der Waals surface area contributed by atoms with Crippen LogP contribution >= 0.6 is 11.6 Å². The van der Waals surface area contributed by atoms with E-state index >= 15 is 0 Å². The minimum absolute atomic E-state index is 0.0163. The molecular formula is C14H17ClFN. The van der Waals surface area contributed by atoms with Gasteiger partial charge in [0.05, 0.1) is 5.02 Å².